The lowest BCUT2D eigenvalue weighted by atomic mass is 9.96. The number of nitrogens with one attached hydrogen (secondary N) is 1. The number of anilines is 2. The minimum atomic E-state index is -0.688. The summed E-state index contributed by atoms with van der Waals surface area (Å²) in [6.07, 6.45) is 2.46. The van der Waals surface area contributed by atoms with Crippen LogP contribution in [-0.2, 0) is 6.42 Å². The highest BCUT2D eigenvalue weighted by molar-refractivity contribution is 6.32. The molecule has 184 valence electrons. The van der Waals surface area contributed by atoms with E-state index in [0.29, 0.717) is 36.8 Å². The number of aliphatic hydroxyl groups is 1. The van der Waals surface area contributed by atoms with Crippen molar-refractivity contribution in [3.63, 3.8) is 0 Å². The normalized spacial score (nSPS) is 13.3. The minimum absolute atomic E-state index is 0.00293. The number of hydrogen-bond donors (Lipinski definition) is 2. The molecule has 8 nitrogen and oxygen atoms in total. The number of aliphatic hydroxyl groups excluding tert-OH is 1. The zero-order valence-electron chi connectivity index (χ0n) is 19.5. The summed E-state index contributed by atoms with van der Waals surface area (Å²) in [7, 11) is 1.75. The number of pyridine rings is 1. The molecule has 2 aromatic carbocycles. The van der Waals surface area contributed by atoms with E-state index in [2.05, 4.69) is 5.32 Å². The molecule has 2 aromatic heterocycles. The number of halogens is 2. The maximum atomic E-state index is 14.7. The molecule has 1 aliphatic carbocycles. The van der Waals surface area contributed by atoms with E-state index >= 15 is 0 Å². The van der Waals surface area contributed by atoms with Crippen LogP contribution in [0.2, 0.25) is 0 Å². The van der Waals surface area contributed by atoms with E-state index in [1.807, 2.05) is 6.07 Å². The van der Waals surface area contributed by atoms with Crippen molar-refractivity contribution in [3.05, 3.63) is 91.1 Å². The third-order valence-electron chi connectivity index (χ3n) is 6.28. The van der Waals surface area contributed by atoms with Gasteiger partial charge in [0.15, 0.2) is 5.65 Å². The van der Waals surface area contributed by atoms with Crippen molar-refractivity contribution >= 4 is 47.5 Å². The lowest BCUT2D eigenvalue weighted by Crippen LogP contribution is -2.41. The Morgan fingerprint density at radius 3 is 2.56 bits per heavy atom. The molecule has 0 saturated heterocycles. The molecule has 0 unspecified atom stereocenters. The van der Waals surface area contributed by atoms with Crippen LogP contribution in [0, 0.1) is 5.82 Å². The highest BCUT2D eigenvalue weighted by Gasteiger charge is 2.31. The number of aromatic nitrogens is 3. The predicted octanol–water partition coefficient (Wildman–Crippen LogP) is 1.72. The Labute approximate surface area is 210 Å². The molecule has 0 radical (unpaired) electrons. The topological polar surface area (TPSA) is 98.3 Å². The molecular weight excluding hydrogens is 486 g/mol. The fourth-order valence-corrected chi connectivity index (χ4v) is 4.59. The molecule has 0 amide bonds. The molecule has 0 atom stereocenters. The van der Waals surface area contributed by atoms with Crippen LogP contribution in [0.1, 0.15) is 30.9 Å². The molecule has 2 heterocycles. The van der Waals surface area contributed by atoms with Gasteiger partial charge in [0.05, 0.1) is 17.1 Å². The average molecular weight is 509 g/mol. The zero-order chi connectivity index (χ0) is 25.6. The Hall–Kier alpha value is -3.63. The van der Waals surface area contributed by atoms with Gasteiger partial charge in [0.25, 0.3) is 11.1 Å². The van der Waals surface area contributed by atoms with Gasteiger partial charge in [0.2, 0.25) is 0 Å². The largest absolute Gasteiger partial charge is 0.396 e. The fraction of sp³-hybridized carbons (Fsp3) is 0.240. The lowest BCUT2D eigenvalue weighted by Gasteiger charge is -2.18. The van der Waals surface area contributed by atoms with Crippen molar-refractivity contribution < 1.29 is 9.50 Å². The lowest BCUT2D eigenvalue weighted by molar-refractivity contribution is 0.288. The Kier molecular flexibility index (Phi) is 6.32. The van der Waals surface area contributed by atoms with Crippen LogP contribution in [0.5, 0.6) is 0 Å². The van der Waals surface area contributed by atoms with Crippen LogP contribution < -0.4 is 27.6 Å². The fourth-order valence-electron chi connectivity index (χ4n) is 4.38. The molecule has 2 N–H and O–H groups in total. The quantitative estimate of drug-likeness (QED) is 0.371. The molecule has 1 fully saturated rings. The monoisotopic (exact) mass is 508 g/mol. The Bertz CT molecular complexity index is 1680. The third kappa shape index (κ3) is 4.27. The van der Waals surface area contributed by atoms with Gasteiger partial charge in [-0.2, -0.15) is 0 Å². The smallest absolute Gasteiger partial charge is 0.337 e. The van der Waals surface area contributed by atoms with E-state index in [0.717, 1.165) is 15.7 Å². The maximum absolute atomic E-state index is 14.7. The van der Waals surface area contributed by atoms with Gasteiger partial charge in [-0.15, -0.1) is 0 Å². The molecule has 0 spiro atoms. The van der Waals surface area contributed by atoms with Crippen molar-refractivity contribution in [2.75, 3.05) is 11.9 Å². The molecule has 4 aromatic rings. The third-order valence-corrected chi connectivity index (χ3v) is 6.61. The summed E-state index contributed by atoms with van der Waals surface area (Å²) in [5.41, 5.74) is 0.126. The van der Waals surface area contributed by atoms with E-state index in [-0.39, 0.29) is 35.1 Å². The SMILES string of the molecule is Bc1ccc(Nc2cc(=O)n(Cl)c3c2c(=O)n(C2CC2)c(=O)n3-c2cccc(CCCO)c2)c(F)c1. The molecule has 1 saturated carbocycles. The maximum Gasteiger partial charge on any atom is 0.337 e. The highest BCUT2D eigenvalue weighted by atomic mass is 35.5. The summed E-state index contributed by atoms with van der Waals surface area (Å²) in [4.78, 5) is 40.2. The molecule has 1 aliphatic rings. The number of nitrogens with zero attached hydrogens (tertiary/aromatic N) is 3. The molecule has 11 heteroatoms. The standard InChI is InChI=1S/C25H23BClFN4O4/c26-15-6-9-19(18(28)12-15)29-20-13-21(34)32(27)23-22(20)24(35)31(16-7-8-16)25(36)30(23)17-5-1-3-14(11-17)4-2-10-33/h1,3,5-6,9,11-13,16,29,33H,2,4,7-8,10,26H2. The van der Waals surface area contributed by atoms with E-state index in [4.69, 9.17) is 11.8 Å². The number of aryl methyl sites for hydroxylation is 1. The minimum Gasteiger partial charge on any atom is -0.396 e. The van der Waals surface area contributed by atoms with Gasteiger partial charge in [-0.3, -0.25) is 14.2 Å². The molecule has 5 rings (SSSR count). The van der Waals surface area contributed by atoms with Crippen molar-refractivity contribution in [2.24, 2.45) is 0 Å². The van der Waals surface area contributed by atoms with E-state index < -0.39 is 22.6 Å². The zero-order valence-corrected chi connectivity index (χ0v) is 20.3. The summed E-state index contributed by atoms with van der Waals surface area (Å²) in [6, 6.07) is 12.5. The molecule has 36 heavy (non-hydrogen) atoms. The summed E-state index contributed by atoms with van der Waals surface area (Å²) in [6.45, 7) is 0.0193. The van der Waals surface area contributed by atoms with Crippen LogP contribution in [0.3, 0.4) is 0 Å². The van der Waals surface area contributed by atoms with Gasteiger partial charge in [0, 0.05) is 30.5 Å². The van der Waals surface area contributed by atoms with Gasteiger partial charge in [0.1, 0.15) is 19.0 Å². The van der Waals surface area contributed by atoms with E-state index in [1.54, 1.807) is 32.1 Å². The first-order chi connectivity index (χ1) is 17.3. The van der Waals surface area contributed by atoms with Gasteiger partial charge in [-0.25, -0.2) is 17.8 Å². The Balaban J connectivity index is 1.84. The van der Waals surface area contributed by atoms with Gasteiger partial charge >= 0.3 is 5.69 Å². The van der Waals surface area contributed by atoms with Crippen molar-refractivity contribution in [3.8, 4) is 5.69 Å². The second-order valence-electron chi connectivity index (χ2n) is 9.01. The second kappa shape index (κ2) is 9.44. The van der Waals surface area contributed by atoms with Gasteiger partial charge in [-0.05, 0) is 55.5 Å². The molecule has 0 aliphatic heterocycles. The Morgan fingerprint density at radius 2 is 1.86 bits per heavy atom. The molecular formula is C25H23BClFN4O4. The van der Waals surface area contributed by atoms with Crippen LogP contribution in [-0.4, -0.2) is 32.8 Å². The first kappa shape index (κ1) is 24.1. The van der Waals surface area contributed by atoms with Gasteiger partial charge in [-0.1, -0.05) is 23.7 Å². The number of rotatable bonds is 7. The summed E-state index contributed by atoms with van der Waals surface area (Å²) in [5, 5.41) is 12.1. The predicted molar refractivity (Wildman–Crippen MR) is 141 cm³/mol. The first-order valence-electron chi connectivity index (χ1n) is 11.7. The summed E-state index contributed by atoms with van der Waals surface area (Å²) < 4.78 is 17.8. The number of hydrogen-bond acceptors (Lipinski definition) is 5. The van der Waals surface area contributed by atoms with Crippen molar-refractivity contribution in [1.82, 2.24) is 13.2 Å². The van der Waals surface area contributed by atoms with Crippen molar-refractivity contribution in [2.45, 2.75) is 31.7 Å². The number of fused-ring (bicyclic) bond motifs is 1. The highest BCUT2D eigenvalue weighted by Crippen LogP contribution is 2.33. The second-order valence-corrected chi connectivity index (χ2v) is 9.34. The Morgan fingerprint density at radius 1 is 1.08 bits per heavy atom. The van der Waals surface area contributed by atoms with E-state index in [9.17, 15) is 23.9 Å². The van der Waals surface area contributed by atoms with Gasteiger partial charge < -0.3 is 10.4 Å². The first-order valence-corrected chi connectivity index (χ1v) is 12.0. The van der Waals surface area contributed by atoms with E-state index in [1.165, 1.54) is 21.3 Å². The summed E-state index contributed by atoms with van der Waals surface area (Å²) in [5.74, 6) is -0.550. The summed E-state index contributed by atoms with van der Waals surface area (Å²) >= 11 is 6.38. The van der Waals surface area contributed by atoms with Crippen LogP contribution in [0.25, 0.3) is 16.7 Å². The van der Waals surface area contributed by atoms with Crippen molar-refractivity contribution in [1.29, 1.82) is 0 Å². The van der Waals surface area contributed by atoms with Crippen LogP contribution in [0.15, 0.2) is 62.9 Å². The van der Waals surface area contributed by atoms with Crippen LogP contribution in [0.4, 0.5) is 15.8 Å². The average Bonchev–Trinajstić information content (AvgIpc) is 3.68. The number of benzene rings is 2. The van der Waals surface area contributed by atoms with Crippen LogP contribution >= 0.6 is 11.8 Å². The molecule has 0 bridgehead atoms.